The van der Waals surface area contributed by atoms with Crippen LogP contribution in [0.3, 0.4) is 0 Å². The van der Waals surface area contributed by atoms with Gasteiger partial charge in [0.25, 0.3) is 0 Å². The van der Waals surface area contributed by atoms with E-state index in [1.54, 1.807) is 17.9 Å². The van der Waals surface area contributed by atoms with Crippen LogP contribution < -0.4 is 26.4 Å². The van der Waals surface area contributed by atoms with Gasteiger partial charge in [-0.15, -0.1) is 0 Å². The maximum Gasteiger partial charge on any atom is 0.417 e. The summed E-state index contributed by atoms with van der Waals surface area (Å²) < 4.78 is 47.7. The van der Waals surface area contributed by atoms with E-state index in [4.69, 9.17) is 16.2 Å². The Balaban J connectivity index is 1.59. The number of nitrogen functional groups attached to an aromatic ring is 1. The lowest BCUT2D eigenvalue weighted by atomic mass is 9.97. The molecule has 13 heteroatoms. The number of nitrogens with one attached hydrogen (secondary N) is 1. The van der Waals surface area contributed by atoms with Crippen molar-refractivity contribution in [2.75, 3.05) is 42.7 Å². The molecule has 0 bridgehead atoms. The number of thiazole rings is 1. The van der Waals surface area contributed by atoms with Gasteiger partial charge >= 0.3 is 6.18 Å². The van der Waals surface area contributed by atoms with Crippen molar-refractivity contribution in [2.24, 2.45) is 18.7 Å². The number of aliphatic hydroxyl groups is 1. The largest absolute Gasteiger partial charge is 0.497 e. The summed E-state index contributed by atoms with van der Waals surface area (Å²) >= 11 is 0.873. The van der Waals surface area contributed by atoms with Gasteiger partial charge in [0, 0.05) is 25.7 Å². The summed E-state index contributed by atoms with van der Waals surface area (Å²) in [7, 11) is 3.10. The molecule has 1 unspecified atom stereocenters. The Bertz CT molecular complexity index is 1170. The molecule has 1 aliphatic rings. The molecule has 2 aromatic heterocycles. The summed E-state index contributed by atoms with van der Waals surface area (Å²) in [4.78, 5) is 6.42. The molecule has 0 saturated carbocycles. The van der Waals surface area contributed by atoms with Crippen molar-refractivity contribution in [3.63, 3.8) is 0 Å². The zero-order valence-electron chi connectivity index (χ0n) is 19.3. The zero-order valence-corrected chi connectivity index (χ0v) is 20.2. The molecule has 35 heavy (non-hydrogen) atoms. The molecule has 190 valence electrons. The second-order valence-corrected chi connectivity index (χ2v) is 9.43. The quantitative estimate of drug-likeness (QED) is 0.355. The first-order valence-electron chi connectivity index (χ1n) is 11.1. The number of nitrogens with zero attached hydrogens (tertiary/aromatic N) is 4. The molecule has 0 aliphatic carbocycles. The van der Waals surface area contributed by atoms with Crippen molar-refractivity contribution < 1.29 is 23.0 Å². The van der Waals surface area contributed by atoms with Crippen molar-refractivity contribution in [3.8, 4) is 16.3 Å². The van der Waals surface area contributed by atoms with Gasteiger partial charge in [-0.2, -0.15) is 18.3 Å². The van der Waals surface area contributed by atoms with Crippen LogP contribution in [-0.4, -0.2) is 46.6 Å². The van der Waals surface area contributed by atoms with Gasteiger partial charge in [-0.25, -0.2) is 4.98 Å². The highest BCUT2D eigenvalue weighted by atomic mass is 32.1. The number of hydrogen-bond donors (Lipinski definition) is 4. The average molecular weight is 512 g/mol. The molecule has 1 fully saturated rings. The maximum atomic E-state index is 13.7. The third-order valence-corrected chi connectivity index (χ3v) is 7.08. The molecule has 9 nitrogen and oxygen atoms in total. The predicted molar refractivity (Wildman–Crippen MR) is 129 cm³/mol. The van der Waals surface area contributed by atoms with Gasteiger partial charge in [0.05, 0.1) is 24.6 Å². The van der Waals surface area contributed by atoms with Crippen LogP contribution in [0.5, 0.6) is 5.75 Å². The van der Waals surface area contributed by atoms with Gasteiger partial charge in [-0.1, -0.05) is 11.3 Å². The van der Waals surface area contributed by atoms with Crippen LogP contribution in [0, 0.1) is 5.92 Å². The molecule has 1 aliphatic heterocycles. The van der Waals surface area contributed by atoms with E-state index >= 15 is 0 Å². The number of aromatic nitrogens is 3. The number of alkyl halides is 3. The number of methoxy groups -OCH3 is 1. The highest BCUT2D eigenvalue weighted by Gasteiger charge is 2.35. The minimum atomic E-state index is -4.62. The SMILES string of the molecule is COc1ccc(-c2nc(C(O)Nc3cnn(C)c3N3CCC(CN)CC3)c(N)s2)c(C(F)(F)F)c1. The molecule has 4 rings (SSSR count). The molecule has 1 aromatic carbocycles. The van der Waals surface area contributed by atoms with E-state index in [2.05, 4.69) is 20.3 Å². The van der Waals surface area contributed by atoms with E-state index in [9.17, 15) is 18.3 Å². The van der Waals surface area contributed by atoms with Crippen LogP contribution in [0.4, 0.5) is 29.7 Å². The van der Waals surface area contributed by atoms with Crippen LogP contribution in [0.2, 0.25) is 0 Å². The Morgan fingerprint density at radius 1 is 1.31 bits per heavy atom. The number of aliphatic hydroxyl groups excluding tert-OH is 1. The number of rotatable bonds is 7. The number of piperidine rings is 1. The summed E-state index contributed by atoms with van der Waals surface area (Å²) in [6.07, 6.45) is -2.48. The molecule has 1 saturated heterocycles. The molecular formula is C22H28F3N7O2S. The fourth-order valence-corrected chi connectivity index (χ4v) is 5.13. The van der Waals surface area contributed by atoms with Gasteiger partial charge < -0.3 is 31.5 Å². The second-order valence-electron chi connectivity index (χ2n) is 8.40. The molecule has 0 radical (unpaired) electrons. The van der Waals surface area contributed by atoms with Gasteiger partial charge in [0.2, 0.25) is 0 Å². The van der Waals surface area contributed by atoms with E-state index in [1.165, 1.54) is 19.2 Å². The first-order valence-corrected chi connectivity index (χ1v) is 11.9. The number of nitrogens with two attached hydrogens (primary N) is 2. The Morgan fingerprint density at radius 3 is 2.66 bits per heavy atom. The number of aryl methyl sites for hydroxylation is 1. The molecule has 3 aromatic rings. The molecule has 0 spiro atoms. The zero-order chi connectivity index (χ0) is 25.3. The number of halogens is 3. The van der Waals surface area contributed by atoms with Gasteiger partial charge in [0.15, 0.2) is 6.23 Å². The van der Waals surface area contributed by atoms with E-state index < -0.39 is 18.0 Å². The standard InChI is InChI=1S/C22H28F3N7O2S/c1-31-21(32-7-5-12(10-26)6-8-32)16(11-28-31)29-19(33)17-18(27)35-20(30-17)14-4-3-13(34-2)9-15(14)22(23,24)25/h3-4,9,11-12,19,29,33H,5-8,10,26-27H2,1-2H3. The monoisotopic (exact) mass is 511 g/mol. The Hall–Kier alpha value is -3.03. The second kappa shape index (κ2) is 9.91. The first kappa shape index (κ1) is 25.1. The van der Waals surface area contributed by atoms with Crippen LogP contribution in [0.15, 0.2) is 24.4 Å². The van der Waals surface area contributed by atoms with E-state index in [1.807, 2.05) is 0 Å². The normalized spacial score (nSPS) is 15.9. The fraction of sp³-hybridized carbons (Fsp3) is 0.455. The third kappa shape index (κ3) is 5.16. The number of ether oxygens (including phenoxy) is 1. The molecular weight excluding hydrogens is 483 g/mol. The predicted octanol–water partition coefficient (Wildman–Crippen LogP) is 3.43. The van der Waals surface area contributed by atoms with Crippen molar-refractivity contribution in [1.82, 2.24) is 14.8 Å². The molecule has 3 heterocycles. The van der Waals surface area contributed by atoms with Crippen molar-refractivity contribution >= 4 is 27.8 Å². The third-order valence-electron chi connectivity index (χ3n) is 6.15. The first-order chi connectivity index (χ1) is 16.6. The van der Waals surface area contributed by atoms with Crippen molar-refractivity contribution in [2.45, 2.75) is 25.2 Å². The van der Waals surface area contributed by atoms with Crippen LogP contribution in [0.1, 0.15) is 30.3 Å². The summed E-state index contributed by atoms with van der Waals surface area (Å²) in [6.45, 7) is 2.25. The summed E-state index contributed by atoms with van der Waals surface area (Å²) in [5, 5.41) is 18.3. The summed E-state index contributed by atoms with van der Waals surface area (Å²) in [5.41, 5.74) is 11.5. The maximum absolute atomic E-state index is 13.7. The van der Waals surface area contributed by atoms with Crippen LogP contribution in [0.25, 0.3) is 10.6 Å². The smallest absolute Gasteiger partial charge is 0.417 e. The number of anilines is 3. The Morgan fingerprint density at radius 2 is 2.03 bits per heavy atom. The highest BCUT2D eigenvalue weighted by Crippen LogP contribution is 2.42. The topological polar surface area (TPSA) is 127 Å². The Kier molecular flexibility index (Phi) is 7.10. The molecule has 0 amide bonds. The number of benzene rings is 1. The van der Waals surface area contributed by atoms with Gasteiger partial charge in [-0.3, -0.25) is 4.68 Å². The summed E-state index contributed by atoms with van der Waals surface area (Å²) in [5.74, 6) is 1.35. The van der Waals surface area contributed by atoms with Gasteiger partial charge in [-0.05, 0) is 43.5 Å². The van der Waals surface area contributed by atoms with E-state index in [-0.39, 0.29) is 27.0 Å². The van der Waals surface area contributed by atoms with Crippen molar-refractivity contribution in [3.05, 3.63) is 35.7 Å². The van der Waals surface area contributed by atoms with Gasteiger partial charge in [0.1, 0.15) is 27.3 Å². The van der Waals surface area contributed by atoms with E-state index in [0.29, 0.717) is 18.2 Å². The number of hydrogen-bond acceptors (Lipinski definition) is 9. The lowest BCUT2D eigenvalue weighted by Gasteiger charge is -2.33. The van der Waals surface area contributed by atoms with E-state index in [0.717, 1.165) is 49.2 Å². The fourth-order valence-electron chi connectivity index (χ4n) is 4.23. The lowest BCUT2D eigenvalue weighted by Crippen LogP contribution is -2.37. The van der Waals surface area contributed by atoms with Crippen LogP contribution >= 0.6 is 11.3 Å². The summed E-state index contributed by atoms with van der Waals surface area (Å²) in [6, 6.07) is 3.62. The molecule has 6 N–H and O–H groups in total. The highest BCUT2D eigenvalue weighted by molar-refractivity contribution is 7.19. The lowest BCUT2D eigenvalue weighted by molar-refractivity contribution is -0.137. The molecule has 1 atom stereocenters. The van der Waals surface area contributed by atoms with Crippen molar-refractivity contribution in [1.29, 1.82) is 0 Å². The average Bonchev–Trinajstić information content (AvgIpc) is 3.40. The minimum absolute atomic E-state index is 0.0450. The Labute approximate surface area is 204 Å². The van der Waals surface area contributed by atoms with Crippen LogP contribution in [-0.2, 0) is 13.2 Å². The minimum Gasteiger partial charge on any atom is -0.497 e.